The topological polar surface area (TPSA) is 20.2 Å². The zero-order valence-corrected chi connectivity index (χ0v) is 9.43. The molecule has 0 bridgehead atoms. The fourth-order valence-electron chi connectivity index (χ4n) is 1.25. The Morgan fingerprint density at radius 2 is 2.33 bits per heavy atom. The van der Waals surface area contributed by atoms with E-state index < -0.39 is 5.56 Å². The Labute approximate surface area is 87.0 Å². The summed E-state index contributed by atoms with van der Waals surface area (Å²) in [5.74, 6) is 1.31. The van der Waals surface area contributed by atoms with Crippen LogP contribution in [0.4, 0.5) is 0 Å². The van der Waals surface area contributed by atoms with E-state index in [1.54, 1.807) is 0 Å². The number of unbranched alkanes of at least 4 members (excludes halogenated alkanes) is 1. The van der Waals surface area contributed by atoms with Crippen LogP contribution in [0.25, 0.3) is 0 Å². The third kappa shape index (κ3) is 4.85. The Morgan fingerprint density at radius 3 is 2.92 bits per heavy atom. The summed E-state index contributed by atoms with van der Waals surface area (Å²) in [7, 11) is 4.01. The third-order valence-corrected chi connectivity index (χ3v) is 5.17. The quantitative estimate of drug-likeness (QED) is 0.442. The summed E-state index contributed by atoms with van der Waals surface area (Å²) in [5, 5.41) is 9.66. The molecule has 1 saturated heterocycles. The molecule has 0 aromatic rings. The van der Waals surface area contributed by atoms with Crippen LogP contribution < -0.4 is 0 Å². The molecule has 0 radical (unpaired) electrons. The second kappa shape index (κ2) is 6.41. The van der Waals surface area contributed by atoms with Crippen molar-refractivity contribution in [2.24, 2.45) is 0 Å². The Bertz CT molecular complexity index is 116. The highest BCUT2D eigenvalue weighted by Crippen LogP contribution is 2.39. The molecule has 0 aromatic heterocycles. The molecule has 1 fully saturated rings. The van der Waals surface area contributed by atoms with Crippen molar-refractivity contribution in [1.29, 1.82) is 0 Å². The third-order valence-electron chi connectivity index (χ3n) is 1.95. The van der Waals surface area contributed by atoms with Crippen LogP contribution in [0.5, 0.6) is 0 Å². The molecule has 72 valence electrons. The molecule has 2 unspecified atom stereocenters. The number of hydrogen-bond acceptors (Lipinski definition) is 3. The summed E-state index contributed by atoms with van der Waals surface area (Å²) in [4.78, 5) is 0. The number of halogens is 1. The normalized spacial score (nSPS) is 26.0. The highest BCUT2D eigenvalue weighted by atomic mass is 35.5. The van der Waals surface area contributed by atoms with Crippen molar-refractivity contribution < 1.29 is 5.11 Å². The molecule has 4 heteroatoms. The molecule has 0 aliphatic carbocycles. The monoisotopic (exact) mass is 226 g/mol. The van der Waals surface area contributed by atoms with Gasteiger partial charge in [-0.3, -0.25) is 0 Å². The average Bonchev–Trinajstić information content (AvgIpc) is 2.49. The van der Waals surface area contributed by atoms with Crippen LogP contribution in [0.1, 0.15) is 32.1 Å². The van der Waals surface area contributed by atoms with Gasteiger partial charge in [-0.25, -0.2) is 0 Å². The minimum absolute atomic E-state index is 0.629. The van der Waals surface area contributed by atoms with Gasteiger partial charge < -0.3 is 5.11 Å². The summed E-state index contributed by atoms with van der Waals surface area (Å²) in [6.45, 7) is 0. The lowest BCUT2D eigenvalue weighted by Gasteiger charge is -2.06. The number of aliphatic hydroxyl groups excluding tert-OH is 1. The van der Waals surface area contributed by atoms with E-state index in [0.717, 1.165) is 18.1 Å². The molecule has 1 rings (SSSR count). The smallest absolute Gasteiger partial charge is 0.128 e. The van der Waals surface area contributed by atoms with Crippen LogP contribution in [-0.4, -0.2) is 21.7 Å². The first-order valence-corrected chi connectivity index (χ1v) is 7.21. The predicted octanol–water partition coefficient (Wildman–Crippen LogP) is 3.26. The van der Waals surface area contributed by atoms with E-state index in [4.69, 9.17) is 16.7 Å². The standard InChI is InChI=1S/C8H15ClOS2/c9-8(10)4-2-1-3-7-5-6-11-12-7/h7-8,10H,1-6H2. The molecule has 0 aromatic carbocycles. The molecule has 1 N–H and O–H groups in total. The van der Waals surface area contributed by atoms with E-state index in [1.807, 2.05) is 21.6 Å². The van der Waals surface area contributed by atoms with E-state index >= 15 is 0 Å². The minimum Gasteiger partial charge on any atom is -0.378 e. The minimum atomic E-state index is -0.629. The molecule has 12 heavy (non-hydrogen) atoms. The van der Waals surface area contributed by atoms with Gasteiger partial charge >= 0.3 is 0 Å². The summed E-state index contributed by atoms with van der Waals surface area (Å²) in [6.07, 6.45) is 5.67. The van der Waals surface area contributed by atoms with Gasteiger partial charge in [0.15, 0.2) is 0 Å². The van der Waals surface area contributed by atoms with E-state index in [0.29, 0.717) is 0 Å². The van der Waals surface area contributed by atoms with Gasteiger partial charge in [0, 0.05) is 11.0 Å². The van der Waals surface area contributed by atoms with Gasteiger partial charge in [0.1, 0.15) is 5.56 Å². The highest BCUT2D eigenvalue weighted by molar-refractivity contribution is 8.77. The number of rotatable bonds is 5. The molecule has 0 spiro atoms. The molecule has 2 atom stereocenters. The number of aliphatic hydroxyl groups is 1. The molecule has 1 heterocycles. The maximum atomic E-state index is 8.80. The van der Waals surface area contributed by atoms with Gasteiger partial charge in [-0.05, 0) is 25.7 Å². The van der Waals surface area contributed by atoms with Gasteiger partial charge in [-0.15, -0.1) is 0 Å². The first-order chi connectivity index (χ1) is 5.79. The Kier molecular flexibility index (Phi) is 5.89. The van der Waals surface area contributed by atoms with E-state index in [-0.39, 0.29) is 0 Å². The van der Waals surface area contributed by atoms with E-state index in [2.05, 4.69) is 0 Å². The van der Waals surface area contributed by atoms with Crippen LogP contribution in [0.15, 0.2) is 0 Å². The Balaban J connectivity index is 1.88. The van der Waals surface area contributed by atoms with Gasteiger partial charge in [0.25, 0.3) is 0 Å². The molecule has 1 aliphatic rings. The molecular formula is C8H15ClOS2. The highest BCUT2D eigenvalue weighted by Gasteiger charge is 2.15. The van der Waals surface area contributed by atoms with E-state index in [1.165, 1.54) is 25.0 Å². The summed E-state index contributed by atoms with van der Waals surface area (Å²) < 4.78 is 0. The second-order valence-electron chi connectivity index (χ2n) is 3.05. The lowest BCUT2D eigenvalue weighted by molar-refractivity contribution is 0.240. The first kappa shape index (κ1) is 11.0. The molecule has 1 aliphatic heterocycles. The van der Waals surface area contributed by atoms with Crippen LogP contribution in [-0.2, 0) is 0 Å². The number of hydrogen-bond donors (Lipinski definition) is 1. The van der Waals surface area contributed by atoms with Gasteiger partial charge in [0.2, 0.25) is 0 Å². The second-order valence-corrected chi connectivity index (χ2v) is 6.34. The van der Waals surface area contributed by atoms with Crippen molar-refractivity contribution in [2.75, 3.05) is 5.75 Å². The van der Waals surface area contributed by atoms with Crippen molar-refractivity contribution in [3.8, 4) is 0 Å². The van der Waals surface area contributed by atoms with Crippen LogP contribution in [0.3, 0.4) is 0 Å². The maximum absolute atomic E-state index is 8.80. The zero-order chi connectivity index (χ0) is 8.81. The molecule has 0 amide bonds. The predicted molar refractivity (Wildman–Crippen MR) is 58.8 cm³/mol. The van der Waals surface area contributed by atoms with Crippen LogP contribution >= 0.6 is 33.2 Å². The average molecular weight is 227 g/mol. The number of alkyl halides is 1. The molecule has 1 nitrogen and oxygen atoms in total. The van der Waals surface area contributed by atoms with Gasteiger partial charge in [-0.1, -0.05) is 39.6 Å². The largest absolute Gasteiger partial charge is 0.378 e. The fraction of sp³-hybridized carbons (Fsp3) is 1.00. The van der Waals surface area contributed by atoms with Crippen molar-refractivity contribution in [3.63, 3.8) is 0 Å². The molecule has 0 saturated carbocycles. The Morgan fingerprint density at radius 1 is 1.50 bits per heavy atom. The fourth-order valence-corrected chi connectivity index (χ4v) is 4.43. The summed E-state index contributed by atoms with van der Waals surface area (Å²) >= 11 is 5.42. The first-order valence-electron chi connectivity index (χ1n) is 4.39. The lowest BCUT2D eigenvalue weighted by Crippen LogP contribution is -1.99. The lowest BCUT2D eigenvalue weighted by atomic mass is 10.1. The van der Waals surface area contributed by atoms with Gasteiger partial charge in [-0.2, -0.15) is 0 Å². The van der Waals surface area contributed by atoms with Crippen molar-refractivity contribution in [3.05, 3.63) is 0 Å². The SMILES string of the molecule is OC(Cl)CCCCC1CCSS1. The zero-order valence-electron chi connectivity index (χ0n) is 7.04. The van der Waals surface area contributed by atoms with Crippen LogP contribution in [0.2, 0.25) is 0 Å². The van der Waals surface area contributed by atoms with Gasteiger partial charge in [0.05, 0.1) is 0 Å². The summed E-state index contributed by atoms with van der Waals surface area (Å²) in [5.41, 5.74) is -0.629. The Hall–Kier alpha value is 0.950. The maximum Gasteiger partial charge on any atom is 0.128 e. The van der Waals surface area contributed by atoms with Crippen molar-refractivity contribution >= 4 is 33.2 Å². The summed E-state index contributed by atoms with van der Waals surface area (Å²) in [6, 6.07) is 0. The van der Waals surface area contributed by atoms with Crippen LogP contribution in [0, 0.1) is 0 Å². The van der Waals surface area contributed by atoms with Crippen molar-refractivity contribution in [1.82, 2.24) is 0 Å². The molecular weight excluding hydrogens is 212 g/mol. The van der Waals surface area contributed by atoms with Crippen molar-refractivity contribution in [2.45, 2.75) is 42.9 Å². The van der Waals surface area contributed by atoms with E-state index in [9.17, 15) is 0 Å².